The summed E-state index contributed by atoms with van der Waals surface area (Å²) in [5.74, 6) is -0.952. The van der Waals surface area contributed by atoms with E-state index in [4.69, 9.17) is 10.5 Å². The third-order valence-electron chi connectivity index (χ3n) is 2.14. The number of nitrogens with two attached hydrogens (primary N) is 1. The molecule has 0 aromatic heterocycles. The van der Waals surface area contributed by atoms with E-state index in [9.17, 15) is 20.1 Å². The van der Waals surface area contributed by atoms with Crippen molar-refractivity contribution in [3.63, 3.8) is 0 Å². The second kappa shape index (κ2) is 4.82. The molecule has 2 unspecified atom stereocenters. The molecule has 5 N–H and O–H groups in total. The second-order valence-corrected chi connectivity index (χ2v) is 3.22. The largest absolute Gasteiger partial charge is 0.508 e. The number of aromatic hydroxyl groups is 1. The van der Waals surface area contributed by atoms with Gasteiger partial charge in [-0.25, -0.2) is 0 Å². The van der Waals surface area contributed by atoms with E-state index in [2.05, 4.69) is 0 Å². The third kappa shape index (κ3) is 2.41. The average Bonchev–Trinajstić information content (AvgIpc) is 2.27. The van der Waals surface area contributed by atoms with Crippen LogP contribution in [0.25, 0.3) is 0 Å². The van der Waals surface area contributed by atoms with Gasteiger partial charge in [-0.05, 0) is 18.2 Å². The van der Waals surface area contributed by atoms with Gasteiger partial charge in [-0.15, -0.1) is 0 Å². The molecule has 6 nitrogen and oxygen atoms in total. The summed E-state index contributed by atoms with van der Waals surface area (Å²) in [5.41, 5.74) is 4.81. The Morgan fingerprint density at radius 2 is 2.06 bits per heavy atom. The first kappa shape index (κ1) is 12.3. The van der Waals surface area contributed by atoms with Crippen molar-refractivity contribution in [3.8, 4) is 11.5 Å². The van der Waals surface area contributed by atoms with Gasteiger partial charge >= 0.3 is 0 Å². The summed E-state index contributed by atoms with van der Waals surface area (Å²) in [6.07, 6.45) is -3.37. The lowest BCUT2D eigenvalue weighted by molar-refractivity contribution is -0.132. The van der Waals surface area contributed by atoms with Crippen molar-refractivity contribution < 1.29 is 24.9 Å². The number of primary amides is 1. The Morgan fingerprint density at radius 1 is 1.44 bits per heavy atom. The fraction of sp³-hybridized carbons (Fsp3) is 0.300. The summed E-state index contributed by atoms with van der Waals surface area (Å²) in [7, 11) is 1.41. The Labute approximate surface area is 91.9 Å². The minimum Gasteiger partial charge on any atom is -0.508 e. The minimum absolute atomic E-state index is 0.0225. The summed E-state index contributed by atoms with van der Waals surface area (Å²) in [6.45, 7) is 0. The van der Waals surface area contributed by atoms with Crippen LogP contribution in [-0.4, -0.2) is 34.4 Å². The summed E-state index contributed by atoms with van der Waals surface area (Å²) in [5, 5.41) is 28.3. The van der Waals surface area contributed by atoms with Crippen molar-refractivity contribution >= 4 is 5.91 Å². The van der Waals surface area contributed by atoms with Crippen LogP contribution in [0.5, 0.6) is 11.5 Å². The second-order valence-electron chi connectivity index (χ2n) is 3.22. The summed E-state index contributed by atoms with van der Waals surface area (Å²) >= 11 is 0. The lowest BCUT2D eigenvalue weighted by Gasteiger charge is -2.16. The van der Waals surface area contributed by atoms with Gasteiger partial charge in [0.1, 0.15) is 17.6 Å². The molecule has 0 radical (unpaired) electrons. The molecule has 0 aliphatic rings. The highest BCUT2D eigenvalue weighted by Gasteiger charge is 2.26. The first-order chi connectivity index (χ1) is 7.47. The van der Waals surface area contributed by atoms with Crippen molar-refractivity contribution in [2.24, 2.45) is 5.73 Å². The van der Waals surface area contributed by atoms with Gasteiger partial charge in [-0.1, -0.05) is 0 Å². The average molecular weight is 227 g/mol. The maximum atomic E-state index is 10.7. The van der Waals surface area contributed by atoms with Gasteiger partial charge in [0.15, 0.2) is 6.10 Å². The maximum Gasteiger partial charge on any atom is 0.249 e. The van der Waals surface area contributed by atoms with Gasteiger partial charge in [0, 0.05) is 5.56 Å². The molecule has 0 saturated heterocycles. The van der Waals surface area contributed by atoms with E-state index >= 15 is 0 Å². The first-order valence-corrected chi connectivity index (χ1v) is 4.49. The van der Waals surface area contributed by atoms with E-state index in [0.29, 0.717) is 5.75 Å². The number of benzene rings is 1. The van der Waals surface area contributed by atoms with Crippen LogP contribution >= 0.6 is 0 Å². The number of ether oxygens (including phenoxy) is 1. The number of phenolic OH excluding ortho intramolecular Hbond substituents is 1. The zero-order valence-corrected chi connectivity index (χ0v) is 8.62. The number of amides is 1. The quantitative estimate of drug-likeness (QED) is 0.542. The molecule has 6 heteroatoms. The van der Waals surface area contributed by atoms with Crippen LogP contribution in [0.3, 0.4) is 0 Å². The highest BCUT2D eigenvalue weighted by molar-refractivity contribution is 5.79. The molecule has 2 atom stereocenters. The van der Waals surface area contributed by atoms with Crippen LogP contribution in [-0.2, 0) is 4.79 Å². The van der Waals surface area contributed by atoms with Crippen LogP contribution in [0.2, 0.25) is 0 Å². The number of aliphatic hydroxyl groups is 2. The number of hydrogen-bond acceptors (Lipinski definition) is 5. The molecule has 0 aliphatic carbocycles. The molecule has 0 saturated carbocycles. The van der Waals surface area contributed by atoms with Gasteiger partial charge in [0.2, 0.25) is 5.91 Å². The summed E-state index contributed by atoms with van der Waals surface area (Å²) in [4.78, 5) is 10.7. The number of phenols is 1. The maximum absolute atomic E-state index is 10.7. The number of hydrogen-bond donors (Lipinski definition) is 4. The number of rotatable bonds is 4. The van der Waals surface area contributed by atoms with Crippen LogP contribution in [0, 0.1) is 0 Å². The minimum atomic E-state index is -1.78. The van der Waals surface area contributed by atoms with Crippen molar-refractivity contribution in [3.05, 3.63) is 23.8 Å². The zero-order chi connectivity index (χ0) is 12.3. The Kier molecular flexibility index (Phi) is 3.70. The smallest absolute Gasteiger partial charge is 0.249 e. The lowest BCUT2D eigenvalue weighted by atomic mass is 10.0. The van der Waals surface area contributed by atoms with Crippen molar-refractivity contribution in [1.82, 2.24) is 0 Å². The Morgan fingerprint density at radius 3 is 2.56 bits per heavy atom. The fourth-order valence-electron chi connectivity index (χ4n) is 1.22. The van der Waals surface area contributed by atoms with E-state index < -0.39 is 18.1 Å². The fourth-order valence-corrected chi connectivity index (χ4v) is 1.22. The van der Waals surface area contributed by atoms with Gasteiger partial charge in [-0.3, -0.25) is 4.79 Å². The Balaban J connectivity index is 3.06. The number of carbonyl (C=O) groups is 1. The molecule has 0 aliphatic heterocycles. The summed E-state index contributed by atoms with van der Waals surface area (Å²) in [6, 6.07) is 4.07. The predicted octanol–water partition coefficient (Wildman–Crippen LogP) is -0.720. The van der Waals surface area contributed by atoms with Crippen LogP contribution in [0.1, 0.15) is 11.7 Å². The Bertz CT molecular complexity index is 393. The molecular weight excluding hydrogens is 214 g/mol. The molecule has 1 aromatic rings. The van der Waals surface area contributed by atoms with E-state index in [0.717, 1.165) is 0 Å². The molecular formula is C10H13NO5. The van der Waals surface area contributed by atoms with Crippen molar-refractivity contribution in [1.29, 1.82) is 0 Å². The molecule has 88 valence electrons. The molecule has 16 heavy (non-hydrogen) atoms. The SMILES string of the molecule is COc1ccc(O)c(C(O)C(O)C(N)=O)c1. The van der Waals surface area contributed by atoms with Crippen LogP contribution < -0.4 is 10.5 Å². The lowest BCUT2D eigenvalue weighted by Crippen LogP contribution is -2.33. The van der Waals surface area contributed by atoms with Gasteiger partial charge in [0.25, 0.3) is 0 Å². The van der Waals surface area contributed by atoms with Gasteiger partial charge in [-0.2, -0.15) is 0 Å². The monoisotopic (exact) mass is 227 g/mol. The first-order valence-electron chi connectivity index (χ1n) is 4.49. The van der Waals surface area contributed by atoms with E-state index in [1.807, 2.05) is 0 Å². The normalized spacial score (nSPS) is 14.2. The van der Waals surface area contributed by atoms with Gasteiger partial charge in [0.05, 0.1) is 7.11 Å². The van der Waals surface area contributed by atoms with Gasteiger partial charge < -0.3 is 25.8 Å². The molecule has 1 aromatic carbocycles. The summed E-state index contributed by atoms with van der Waals surface area (Å²) < 4.78 is 4.88. The van der Waals surface area contributed by atoms with E-state index in [1.165, 1.54) is 25.3 Å². The highest BCUT2D eigenvalue weighted by atomic mass is 16.5. The topological polar surface area (TPSA) is 113 Å². The number of carbonyl (C=O) groups excluding carboxylic acids is 1. The molecule has 0 fully saturated rings. The van der Waals surface area contributed by atoms with Crippen LogP contribution in [0.4, 0.5) is 0 Å². The number of aliphatic hydroxyl groups excluding tert-OH is 2. The van der Waals surface area contributed by atoms with Crippen molar-refractivity contribution in [2.45, 2.75) is 12.2 Å². The molecule has 0 bridgehead atoms. The molecule has 1 rings (SSSR count). The zero-order valence-electron chi connectivity index (χ0n) is 8.62. The van der Waals surface area contributed by atoms with Crippen LogP contribution in [0.15, 0.2) is 18.2 Å². The Hall–Kier alpha value is -1.79. The van der Waals surface area contributed by atoms with Crippen molar-refractivity contribution in [2.75, 3.05) is 7.11 Å². The highest BCUT2D eigenvalue weighted by Crippen LogP contribution is 2.30. The molecule has 1 amide bonds. The predicted molar refractivity (Wildman–Crippen MR) is 54.8 cm³/mol. The molecule has 0 heterocycles. The number of methoxy groups -OCH3 is 1. The van der Waals surface area contributed by atoms with E-state index in [1.54, 1.807) is 0 Å². The standard InChI is InChI=1S/C10H13NO5/c1-16-5-2-3-7(12)6(4-5)8(13)9(14)10(11)15/h2-4,8-9,12-14H,1H3,(H2,11,15). The van der Waals surface area contributed by atoms with E-state index in [-0.39, 0.29) is 11.3 Å². The third-order valence-corrected chi connectivity index (χ3v) is 2.14. The molecule has 0 spiro atoms.